The van der Waals surface area contributed by atoms with Crippen LogP contribution in [0.3, 0.4) is 0 Å². The highest BCUT2D eigenvalue weighted by Gasteiger charge is 2.26. The molecule has 0 aliphatic heterocycles. The van der Waals surface area contributed by atoms with Gasteiger partial charge in [-0.25, -0.2) is 4.79 Å². The first kappa shape index (κ1) is 8.57. The van der Waals surface area contributed by atoms with Crippen molar-refractivity contribution in [2.75, 3.05) is 0 Å². The van der Waals surface area contributed by atoms with Gasteiger partial charge in [0.25, 0.3) is 0 Å². The van der Waals surface area contributed by atoms with Gasteiger partial charge >= 0.3 is 6.47 Å². The first-order valence-electron chi connectivity index (χ1n) is 4.26. The van der Waals surface area contributed by atoms with Crippen LogP contribution in [0.5, 0.6) is 0 Å². The van der Waals surface area contributed by atoms with Crippen molar-refractivity contribution in [2.45, 2.75) is 39.2 Å². The molecule has 3 atom stereocenters. The molecule has 1 saturated carbocycles. The molecule has 0 aromatic rings. The van der Waals surface area contributed by atoms with E-state index in [1.165, 1.54) is 19.3 Å². The second kappa shape index (κ2) is 3.74. The summed E-state index contributed by atoms with van der Waals surface area (Å²) in [5.74, 6) is 1.30. The molecule has 0 amide bonds. The summed E-state index contributed by atoms with van der Waals surface area (Å²) in [6.45, 7) is 5.92. The van der Waals surface area contributed by atoms with Gasteiger partial charge in [-0.15, -0.1) is 0 Å². The Labute approximate surface area is 67.9 Å². The summed E-state index contributed by atoms with van der Waals surface area (Å²) in [6, 6.07) is 0. The SMILES string of the molecule is CC1CCC(O[C]=O)C(C)C1. The van der Waals surface area contributed by atoms with Crippen molar-refractivity contribution in [1.82, 2.24) is 0 Å². The molecule has 2 nitrogen and oxygen atoms in total. The van der Waals surface area contributed by atoms with E-state index < -0.39 is 0 Å². The fourth-order valence-corrected chi connectivity index (χ4v) is 1.87. The minimum absolute atomic E-state index is 0.128. The van der Waals surface area contributed by atoms with E-state index in [9.17, 15) is 4.79 Å². The molecule has 1 fully saturated rings. The Hall–Kier alpha value is -0.530. The van der Waals surface area contributed by atoms with Crippen molar-refractivity contribution in [1.29, 1.82) is 0 Å². The van der Waals surface area contributed by atoms with Crippen molar-refractivity contribution >= 4 is 6.47 Å². The number of hydrogen-bond donors (Lipinski definition) is 0. The van der Waals surface area contributed by atoms with Gasteiger partial charge in [-0.05, 0) is 31.1 Å². The van der Waals surface area contributed by atoms with Crippen molar-refractivity contribution in [3.63, 3.8) is 0 Å². The summed E-state index contributed by atoms with van der Waals surface area (Å²) >= 11 is 0. The average Bonchev–Trinajstić information content (AvgIpc) is 1.95. The Bertz CT molecular complexity index is 134. The van der Waals surface area contributed by atoms with Gasteiger partial charge in [0, 0.05) is 0 Å². The molecule has 1 aliphatic carbocycles. The number of carbonyl (C=O) groups excluding carboxylic acids is 1. The lowest BCUT2D eigenvalue weighted by molar-refractivity contribution is 0.0684. The van der Waals surface area contributed by atoms with E-state index in [-0.39, 0.29) is 6.10 Å². The van der Waals surface area contributed by atoms with Gasteiger partial charge < -0.3 is 4.74 Å². The Morgan fingerprint density at radius 2 is 2.09 bits per heavy atom. The standard InChI is InChI=1S/C9H15O2/c1-7-3-4-9(11-6-10)8(2)5-7/h7-9H,3-5H2,1-2H3. The fourth-order valence-electron chi connectivity index (χ4n) is 1.87. The normalized spacial score (nSPS) is 38.2. The van der Waals surface area contributed by atoms with Gasteiger partial charge in [-0.3, -0.25) is 0 Å². The van der Waals surface area contributed by atoms with Crippen LogP contribution >= 0.6 is 0 Å². The third-order valence-corrected chi connectivity index (χ3v) is 2.55. The van der Waals surface area contributed by atoms with E-state index in [1.54, 1.807) is 0 Å². The predicted molar refractivity (Wildman–Crippen MR) is 42.7 cm³/mol. The smallest absolute Gasteiger partial charge is 0.417 e. The molecule has 2 heteroatoms. The third-order valence-electron chi connectivity index (χ3n) is 2.55. The van der Waals surface area contributed by atoms with Crippen molar-refractivity contribution in [3.8, 4) is 0 Å². The minimum Gasteiger partial charge on any atom is -0.454 e. The Morgan fingerprint density at radius 1 is 1.36 bits per heavy atom. The number of ether oxygens (including phenoxy) is 1. The van der Waals surface area contributed by atoms with Crippen LogP contribution in [0.2, 0.25) is 0 Å². The highest BCUT2D eigenvalue weighted by Crippen LogP contribution is 2.29. The van der Waals surface area contributed by atoms with E-state index in [4.69, 9.17) is 4.74 Å². The van der Waals surface area contributed by atoms with Gasteiger partial charge in [0.2, 0.25) is 0 Å². The van der Waals surface area contributed by atoms with Crippen LogP contribution in [0.4, 0.5) is 0 Å². The van der Waals surface area contributed by atoms with Crippen LogP contribution < -0.4 is 0 Å². The molecule has 0 heterocycles. The average molecular weight is 155 g/mol. The lowest BCUT2D eigenvalue weighted by atomic mass is 9.81. The van der Waals surface area contributed by atoms with E-state index in [2.05, 4.69) is 13.8 Å². The summed E-state index contributed by atoms with van der Waals surface area (Å²) in [6.07, 6.45) is 3.49. The molecule has 11 heavy (non-hydrogen) atoms. The van der Waals surface area contributed by atoms with E-state index in [0.717, 1.165) is 12.3 Å². The van der Waals surface area contributed by atoms with Crippen LogP contribution in [0.25, 0.3) is 0 Å². The monoisotopic (exact) mass is 155 g/mol. The summed E-state index contributed by atoms with van der Waals surface area (Å²) in [4.78, 5) is 9.95. The molecule has 1 aliphatic rings. The summed E-state index contributed by atoms with van der Waals surface area (Å²) in [7, 11) is 0. The van der Waals surface area contributed by atoms with Crippen molar-refractivity contribution in [2.24, 2.45) is 11.8 Å². The zero-order chi connectivity index (χ0) is 8.27. The molecular formula is C9H15O2. The van der Waals surface area contributed by atoms with Gasteiger partial charge in [0.1, 0.15) is 6.10 Å². The zero-order valence-electron chi connectivity index (χ0n) is 7.17. The van der Waals surface area contributed by atoms with Gasteiger partial charge in [-0.1, -0.05) is 13.8 Å². The maximum absolute atomic E-state index is 9.95. The highest BCUT2D eigenvalue weighted by atomic mass is 16.5. The van der Waals surface area contributed by atoms with Crippen molar-refractivity contribution < 1.29 is 9.53 Å². The van der Waals surface area contributed by atoms with Crippen molar-refractivity contribution in [3.05, 3.63) is 0 Å². The summed E-state index contributed by atoms with van der Waals surface area (Å²) in [5, 5.41) is 0. The molecular weight excluding hydrogens is 140 g/mol. The molecule has 0 bridgehead atoms. The first-order chi connectivity index (χ1) is 5.24. The molecule has 0 saturated heterocycles. The molecule has 1 rings (SSSR count). The highest BCUT2D eigenvalue weighted by molar-refractivity contribution is 5.38. The molecule has 0 N–H and O–H groups in total. The van der Waals surface area contributed by atoms with Gasteiger partial charge in [0.15, 0.2) is 0 Å². The molecule has 3 unspecified atom stereocenters. The maximum atomic E-state index is 9.95. The summed E-state index contributed by atoms with van der Waals surface area (Å²) in [5.41, 5.74) is 0. The number of rotatable bonds is 2. The van der Waals surface area contributed by atoms with Crippen LogP contribution in [0.15, 0.2) is 0 Å². The fraction of sp³-hybridized carbons (Fsp3) is 0.889. The minimum atomic E-state index is 0.128. The van der Waals surface area contributed by atoms with Gasteiger partial charge in [-0.2, -0.15) is 0 Å². The topological polar surface area (TPSA) is 26.3 Å². The summed E-state index contributed by atoms with van der Waals surface area (Å²) < 4.78 is 4.84. The van der Waals surface area contributed by atoms with E-state index in [0.29, 0.717) is 5.92 Å². The molecule has 0 aromatic carbocycles. The van der Waals surface area contributed by atoms with E-state index in [1.807, 2.05) is 0 Å². The van der Waals surface area contributed by atoms with Crippen LogP contribution in [-0.4, -0.2) is 12.6 Å². The van der Waals surface area contributed by atoms with E-state index >= 15 is 0 Å². The maximum Gasteiger partial charge on any atom is 0.417 e. The molecule has 1 radical (unpaired) electrons. The Morgan fingerprint density at radius 3 is 2.64 bits per heavy atom. The second-order valence-electron chi connectivity index (χ2n) is 3.64. The predicted octanol–water partition coefficient (Wildman–Crippen LogP) is 1.89. The largest absolute Gasteiger partial charge is 0.454 e. The molecule has 0 spiro atoms. The lowest BCUT2D eigenvalue weighted by Gasteiger charge is -2.30. The van der Waals surface area contributed by atoms with Crippen LogP contribution in [0.1, 0.15) is 33.1 Å². The molecule has 63 valence electrons. The quantitative estimate of drug-likeness (QED) is 0.608. The Balaban J connectivity index is 2.37. The Kier molecular flexibility index (Phi) is 2.92. The lowest BCUT2D eigenvalue weighted by Crippen LogP contribution is -2.28. The van der Waals surface area contributed by atoms with Gasteiger partial charge in [0.05, 0.1) is 0 Å². The zero-order valence-corrected chi connectivity index (χ0v) is 7.17. The van der Waals surface area contributed by atoms with Crippen LogP contribution in [-0.2, 0) is 9.53 Å². The van der Waals surface area contributed by atoms with Crippen LogP contribution in [0, 0.1) is 11.8 Å². The number of hydrogen-bond acceptors (Lipinski definition) is 2. The third kappa shape index (κ3) is 2.21. The second-order valence-corrected chi connectivity index (χ2v) is 3.64. The first-order valence-corrected chi connectivity index (χ1v) is 4.26. The molecule has 0 aromatic heterocycles.